The van der Waals surface area contributed by atoms with Gasteiger partial charge < -0.3 is 5.73 Å². The number of rotatable bonds is 6. The second-order valence-corrected chi connectivity index (χ2v) is 6.98. The highest BCUT2D eigenvalue weighted by atomic mass is 32.2. The van der Waals surface area contributed by atoms with Crippen molar-refractivity contribution in [2.24, 2.45) is 11.7 Å². The summed E-state index contributed by atoms with van der Waals surface area (Å²) >= 11 is 0. The normalized spacial score (nSPS) is 25.9. The van der Waals surface area contributed by atoms with Crippen LogP contribution >= 0.6 is 0 Å². The van der Waals surface area contributed by atoms with Crippen LogP contribution in [0.25, 0.3) is 0 Å². The van der Waals surface area contributed by atoms with Crippen molar-refractivity contribution in [3.8, 4) is 0 Å². The number of hydrogen-bond donors (Lipinski definition) is 1. The van der Waals surface area contributed by atoms with Crippen molar-refractivity contribution in [1.29, 1.82) is 0 Å². The summed E-state index contributed by atoms with van der Waals surface area (Å²) in [5.74, 6) is 0.405. The summed E-state index contributed by atoms with van der Waals surface area (Å²) in [6.07, 6.45) is 3.62. The maximum atomic E-state index is 11.8. The predicted octanol–water partition coefficient (Wildman–Crippen LogP) is 0.898. The highest BCUT2D eigenvalue weighted by Crippen LogP contribution is 2.26. The monoisotopic (exact) mass is 247 g/mol. The average molecular weight is 247 g/mol. The molecule has 2 atom stereocenters. The first-order valence-electron chi connectivity index (χ1n) is 5.95. The minimum Gasteiger partial charge on any atom is -0.327 e. The number of ketones is 1. The first-order chi connectivity index (χ1) is 7.46. The zero-order chi connectivity index (χ0) is 12.2. The van der Waals surface area contributed by atoms with E-state index in [0.717, 1.165) is 19.3 Å². The van der Waals surface area contributed by atoms with E-state index < -0.39 is 9.84 Å². The Bertz CT molecular complexity index is 337. The standard InChI is InChI=1S/C11H21NO3S/c1-2-16(14,15)8-4-7-11(13)9-5-3-6-10(9)12/h9-10H,2-8,12H2,1H3. The fourth-order valence-corrected chi connectivity index (χ4v) is 3.06. The van der Waals surface area contributed by atoms with Crippen LogP contribution in [0.3, 0.4) is 0 Å². The Morgan fingerprint density at radius 2 is 2.06 bits per heavy atom. The quantitative estimate of drug-likeness (QED) is 0.756. The summed E-state index contributed by atoms with van der Waals surface area (Å²) in [5.41, 5.74) is 5.82. The fraction of sp³-hybridized carbons (Fsp3) is 0.909. The van der Waals surface area contributed by atoms with Gasteiger partial charge in [0.25, 0.3) is 0 Å². The first kappa shape index (κ1) is 13.6. The van der Waals surface area contributed by atoms with Gasteiger partial charge in [0.15, 0.2) is 0 Å². The maximum absolute atomic E-state index is 11.8. The molecule has 0 radical (unpaired) electrons. The Morgan fingerprint density at radius 3 is 2.56 bits per heavy atom. The molecule has 1 rings (SSSR count). The molecular weight excluding hydrogens is 226 g/mol. The van der Waals surface area contributed by atoms with Gasteiger partial charge in [0.2, 0.25) is 0 Å². The van der Waals surface area contributed by atoms with Gasteiger partial charge in [0, 0.05) is 24.1 Å². The average Bonchev–Trinajstić information content (AvgIpc) is 2.64. The largest absolute Gasteiger partial charge is 0.327 e. The molecule has 0 heterocycles. The van der Waals surface area contributed by atoms with E-state index >= 15 is 0 Å². The molecule has 16 heavy (non-hydrogen) atoms. The molecule has 0 aromatic carbocycles. The molecule has 0 aliphatic heterocycles. The molecule has 1 aliphatic rings. The van der Waals surface area contributed by atoms with Crippen LogP contribution in [-0.4, -0.2) is 31.7 Å². The van der Waals surface area contributed by atoms with Crippen LogP contribution in [0.5, 0.6) is 0 Å². The molecule has 0 saturated heterocycles. The summed E-state index contributed by atoms with van der Waals surface area (Å²) in [5, 5.41) is 0. The third-order valence-electron chi connectivity index (χ3n) is 3.30. The Balaban J connectivity index is 2.30. The number of Topliss-reactive ketones (excluding diaryl/α,β-unsaturated/α-hetero) is 1. The molecule has 0 aromatic rings. The molecule has 0 aromatic heterocycles. The van der Waals surface area contributed by atoms with E-state index in [1.54, 1.807) is 6.92 Å². The van der Waals surface area contributed by atoms with E-state index in [9.17, 15) is 13.2 Å². The van der Waals surface area contributed by atoms with Gasteiger partial charge in [-0.1, -0.05) is 13.3 Å². The SMILES string of the molecule is CCS(=O)(=O)CCCC(=O)C1CCCC1N. The molecule has 2 N–H and O–H groups in total. The Morgan fingerprint density at radius 1 is 1.38 bits per heavy atom. The lowest BCUT2D eigenvalue weighted by Crippen LogP contribution is -2.30. The lowest BCUT2D eigenvalue weighted by Gasteiger charge is -2.13. The van der Waals surface area contributed by atoms with E-state index in [1.165, 1.54) is 0 Å². The maximum Gasteiger partial charge on any atom is 0.150 e. The van der Waals surface area contributed by atoms with Crippen molar-refractivity contribution >= 4 is 15.6 Å². The summed E-state index contributed by atoms with van der Waals surface area (Å²) in [7, 11) is -2.94. The summed E-state index contributed by atoms with van der Waals surface area (Å²) in [4.78, 5) is 11.8. The predicted molar refractivity (Wildman–Crippen MR) is 63.9 cm³/mol. The molecule has 1 fully saturated rings. The van der Waals surface area contributed by atoms with Crippen molar-refractivity contribution in [1.82, 2.24) is 0 Å². The fourth-order valence-electron chi connectivity index (χ4n) is 2.18. The van der Waals surface area contributed by atoms with Crippen molar-refractivity contribution in [2.75, 3.05) is 11.5 Å². The zero-order valence-electron chi connectivity index (χ0n) is 9.81. The molecule has 94 valence electrons. The third-order valence-corrected chi connectivity index (χ3v) is 5.09. The summed E-state index contributed by atoms with van der Waals surface area (Å²) in [6, 6.07) is -0.00437. The van der Waals surface area contributed by atoms with Gasteiger partial charge in [-0.2, -0.15) is 0 Å². The number of carbonyl (C=O) groups excluding carboxylic acids is 1. The number of nitrogens with two attached hydrogens (primary N) is 1. The number of sulfone groups is 1. The van der Waals surface area contributed by atoms with E-state index in [-0.39, 0.29) is 29.2 Å². The second kappa shape index (κ2) is 5.77. The van der Waals surface area contributed by atoms with Crippen molar-refractivity contribution in [3.63, 3.8) is 0 Å². The van der Waals surface area contributed by atoms with Crippen LogP contribution in [0.2, 0.25) is 0 Å². The second-order valence-electron chi connectivity index (χ2n) is 4.51. The molecule has 1 aliphatic carbocycles. The summed E-state index contributed by atoms with van der Waals surface area (Å²) in [6.45, 7) is 1.63. The number of hydrogen-bond acceptors (Lipinski definition) is 4. The van der Waals surface area contributed by atoms with Gasteiger partial charge >= 0.3 is 0 Å². The Kier molecular flexibility index (Phi) is 4.92. The highest BCUT2D eigenvalue weighted by molar-refractivity contribution is 7.91. The molecule has 0 spiro atoms. The lowest BCUT2D eigenvalue weighted by atomic mass is 9.96. The smallest absolute Gasteiger partial charge is 0.150 e. The Labute approximate surface area is 97.5 Å². The van der Waals surface area contributed by atoms with Gasteiger partial charge in [-0.25, -0.2) is 8.42 Å². The first-order valence-corrected chi connectivity index (χ1v) is 7.77. The molecule has 1 saturated carbocycles. The minimum atomic E-state index is -2.94. The van der Waals surface area contributed by atoms with Crippen LogP contribution in [0.15, 0.2) is 0 Å². The van der Waals surface area contributed by atoms with Gasteiger partial charge in [0.05, 0.1) is 5.75 Å². The van der Waals surface area contributed by atoms with Gasteiger partial charge in [-0.05, 0) is 19.3 Å². The van der Waals surface area contributed by atoms with Crippen LogP contribution in [0.4, 0.5) is 0 Å². The van der Waals surface area contributed by atoms with Crippen molar-refractivity contribution in [2.45, 2.75) is 45.1 Å². The summed E-state index contributed by atoms with van der Waals surface area (Å²) < 4.78 is 22.5. The molecule has 5 heteroatoms. The molecule has 2 unspecified atom stereocenters. The lowest BCUT2D eigenvalue weighted by molar-refractivity contribution is -0.123. The van der Waals surface area contributed by atoms with E-state index in [4.69, 9.17) is 5.73 Å². The van der Waals surface area contributed by atoms with Crippen molar-refractivity contribution < 1.29 is 13.2 Å². The highest BCUT2D eigenvalue weighted by Gasteiger charge is 2.29. The molecule has 4 nitrogen and oxygen atoms in total. The van der Waals surface area contributed by atoms with E-state index in [1.807, 2.05) is 0 Å². The van der Waals surface area contributed by atoms with Crippen LogP contribution in [-0.2, 0) is 14.6 Å². The van der Waals surface area contributed by atoms with E-state index in [2.05, 4.69) is 0 Å². The van der Waals surface area contributed by atoms with E-state index in [0.29, 0.717) is 12.8 Å². The minimum absolute atomic E-state index is 0.00437. The third kappa shape index (κ3) is 3.87. The topological polar surface area (TPSA) is 77.2 Å². The molecule has 0 bridgehead atoms. The zero-order valence-corrected chi connectivity index (χ0v) is 10.6. The Hall–Kier alpha value is -0.420. The molecular formula is C11H21NO3S. The van der Waals surface area contributed by atoms with Crippen molar-refractivity contribution in [3.05, 3.63) is 0 Å². The molecule has 0 amide bonds. The van der Waals surface area contributed by atoms with Crippen LogP contribution in [0.1, 0.15) is 39.0 Å². The van der Waals surface area contributed by atoms with Gasteiger partial charge in [-0.15, -0.1) is 0 Å². The van der Waals surface area contributed by atoms with Gasteiger partial charge in [-0.3, -0.25) is 4.79 Å². The van der Waals surface area contributed by atoms with Crippen LogP contribution in [0, 0.1) is 5.92 Å². The number of carbonyl (C=O) groups is 1. The van der Waals surface area contributed by atoms with Gasteiger partial charge in [0.1, 0.15) is 15.6 Å². The van der Waals surface area contributed by atoms with Crippen LogP contribution < -0.4 is 5.73 Å².